The average molecular weight is 1160 g/mol. The summed E-state index contributed by atoms with van der Waals surface area (Å²) in [6.45, 7) is 0. The zero-order valence-corrected chi connectivity index (χ0v) is 40.3. The van der Waals surface area contributed by atoms with Crippen molar-refractivity contribution in [1.82, 2.24) is 0 Å². The van der Waals surface area contributed by atoms with Gasteiger partial charge in [-0.15, -0.1) is 0 Å². The van der Waals surface area contributed by atoms with Gasteiger partial charge in [-0.05, 0) is 36.4 Å². The van der Waals surface area contributed by atoms with Gasteiger partial charge in [0.25, 0.3) is 80.9 Å². The number of benzene rings is 3. The molecule has 1 unspecified atom stereocenters. The molecule has 9 rings (SSSR count). The number of aliphatic imine (C=N–C) groups is 8. The Hall–Kier alpha value is -6.22. The lowest BCUT2D eigenvalue weighted by Gasteiger charge is -2.20. The molecular formula is C32H18N8O24S8. The summed E-state index contributed by atoms with van der Waals surface area (Å²) in [4.78, 5) is 22.6. The fourth-order valence-electron chi connectivity index (χ4n) is 7.60. The highest BCUT2D eigenvalue weighted by molar-refractivity contribution is 7.90. The molecule has 1 atom stereocenters. The third-order valence-corrected chi connectivity index (χ3v) is 17.7. The van der Waals surface area contributed by atoms with E-state index in [-0.39, 0.29) is 18.2 Å². The maximum absolute atomic E-state index is 13.0. The van der Waals surface area contributed by atoms with Crippen LogP contribution in [0.15, 0.2) is 128 Å². The quantitative estimate of drug-likeness (QED) is 0.121. The highest BCUT2D eigenvalue weighted by Crippen LogP contribution is 2.41. The van der Waals surface area contributed by atoms with Crippen molar-refractivity contribution in [2.45, 2.75) is 41.0 Å². The van der Waals surface area contributed by atoms with Crippen molar-refractivity contribution in [2.75, 3.05) is 0 Å². The first kappa shape index (κ1) is 50.7. The van der Waals surface area contributed by atoms with Gasteiger partial charge in [0.1, 0.15) is 19.9 Å². The number of allylic oxidation sites excluding steroid dienone is 1. The van der Waals surface area contributed by atoms with E-state index in [0.717, 1.165) is 0 Å². The number of rotatable bonds is 8. The minimum Gasteiger partial charge on any atom is -0.285 e. The van der Waals surface area contributed by atoms with Gasteiger partial charge in [-0.25, -0.2) is 39.9 Å². The molecule has 3 aromatic carbocycles. The van der Waals surface area contributed by atoms with Gasteiger partial charge in [-0.2, -0.15) is 67.3 Å². The lowest BCUT2D eigenvalue weighted by molar-refractivity contribution is 0.470. The van der Waals surface area contributed by atoms with Crippen LogP contribution in [0.4, 0.5) is 0 Å². The van der Waals surface area contributed by atoms with Crippen LogP contribution < -0.4 is 0 Å². The molecule has 3 aromatic rings. The Labute approximate surface area is 401 Å². The molecule has 0 fully saturated rings. The molecule has 0 radical (unpaired) electrons. The molecule has 0 saturated carbocycles. The van der Waals surface area contributed by atoms with E-state index in [1.54, 1.807) is 0 Å². The highest BCUT2D eigenvalue weighted by Gasteiger charge is 2.44. The molecule has 72 heavy (non-hydrogen) atoms. The maximum atomic E-state index is 13.0. The first-order valence-corrected chi connectivity index (χ1v) is 29.8. The standard InChI is InChI=1S/C32H18N8O24S8/c41-65(42,43)9-1-13-21(17(5-9)69(53,54)55)29-33-25(13)37-30-22-14(2-10(66(44,45)46)6-18(22)70(56,57)58)27(34-30)39-32-24-16(4-12(68(50,51)52)8-20(24)72(62,63)64)28(36-32)40-31-23-15(26(35-31)38-29)3-11(67(47,48)49)7-19(23)71(59,60)61/h1-7,12H,8H2,(H,41,42,43)(H,44,45,46)(H,47,48,49)(H,50,51,52)(H,53,54,55)(H,56,57,58)(H,59,60,61)(H,62,63,64). The van der Waals surface area contributed by atoms with Crippen molar-refractivity contribution in [3.05, 3.63) is 91.9 Å². The van der Waals surface area contributed by atoms with E-state index in [0.29, 0.717) is 24.3 Å². The number of fused-ring (bicyclic) bond motifs is 16. The largest absolute Gasteiger partial charge is 0.295 e. The van der Waals surface area contributed by atoms with E-state index >= 15 is 0 Å². The Kier molecular flexibility index (Phi) is 11.0. The fraction of sp³-hybridized carbons (Fsp3) is 0.0625. The predicted octanol–water partition coefficient (Wildman–Crippen LogP) is -1.36. The van der Waals surface area contributed by atoms with Gasteiger partial charge in [-0.3, -0.25) is 36.4 Å². The molecule has 32 nitrogen and oxygen atoms in total. The molecule has 5 heterocycles. The second kappa shape index (κ2) is 15.6. The van der Waals surface area contributed by atoms with Gasteiger partial charge in [0.05, 0.1) is 36.3 Å². The Bertz CT molecular complexity index is 4550. The van der Waals surface area contributed by atoms with Crippen LogP contribution in [0.3, 0.4) is 0 Å². The number of hydrogen-bond donors (Lipinski definition) is 8. The van der Waals surface area contributed by atoms with Gasteiger partial charge in [0.15, 0.2) is 46.7 Å². The second-order valence-electron chi connectivity index (χ2n) is 15.0. The van der Waals surface area contributed by atoms with Gasteiger partial charge in [-0.1, -0.05) is 6.08 Å². The number of hydrogen-bond acceptors (Lipinski definition) is 24. The van der Waals surface area contributed by atoms with Gasteiger partial charge in [0.2, 0.25) is 0 Å². The van der Waals surface area contributed by atoms with Crippen LogP contribution in [0.5, 0.6) is 0 Å². The van der Waals surface area contributed by atoms with E-state index in [9.17, 15) is 104 Å². The van der Waals surface area contributed by atoms with E-state index in [1.807, 2.05) is 0 Å². The molecule has 0 spiro atoms. The third-order valence-electron chi connectivity index (χ3n) is 10.5. The molecule has 0 amide bonds. The van der Waals surface area contributed by atoms with E-state index in [4.69, 9.17) is 0 Å². The predicted molar refractivity (Wildman–Crippen MR) is 239 cm³/mol. The molecular weight excluding hydrogens is 1140 g/mol. The van der Waals surface area contributed by atoms with E-state index in [1.165, 1.54) is 0 Å². The van der Waals surface area contributed by atoms with Crippen LogP contribution in [-0.2, 0) is 80.9 Å². The highest BCUT2D eigenvalue weighted by atomic mass is 32.2. The van der Waals surface area contributed by atoms with Gasteiger partial charge in [0, 0.05) is 34.3 Å². The summed E-state index contributed by atoms with van der Waals surface area (Å²) in [5, 5.41) is -2.32. The molecule has 378 valence electrons. The van der Waals surface area contributed by atoms with Crippen LogP contribution in [-0.4, -0.2) is 156 Å². The summed E-state index contributed by atoms with van der Waals surface area (Å²) in [6.07, 6.45) is -0.757. The van der Waals surface area contributed by atoms with Crippen molar-refractivity contribution in [3.63, 3.8) is 0 Å². The van der Waals surface area contributed by atoms with Gasteiger partial charge >= 0.3 is 0 Å². The molecule has 6 aliphatic rings. The second-order valence-corrected chi connectivity index (χ2v) is 26.5. The first-order chi connectivity index (χ1) is 32.7. The Morgan fingerprint density at radius 3 is 0.931 bits per heavy atom. The normalized spacial score (nSPS) is 19.1. The molecule has 8 bridgehead atoms. The summed E-state index contributed by atoms with van der Waals surface area (Å²) in [7, 11) is -44.9. The zero-order chi connectivity index (χ0) is 53.2. The summed E-state index contributed by atoms with van der Waals surface area (Å²) in [6, 6.07) is 1.78. The molecule has 1 aliphatic carbocycles. The van der Waals surface area contributed by atoms with Crippen molar-refractivity contribution in [1.29, 1.82) is 0 Å². The van der Waals surface area contributed by atoms with E-state index in [2.05, 4.69) is 39.9 Å². The lowest BCUT2D eigenvalue weighted by atomic mass is 9.97. The summed E-state index contributed by atoms with van der Waals surface area (Å²) < 4.78 is 286. The van der Waals surface area contributed by atoms with Crippen molar-refractivity contribution >= 4 is 128 Å². The van der Waals surface area contributed by atoms with Crippen molar-refractivity contribution < 1.29 is 104 Å². The minimum atomic E-state index is -5.76. The summed E-state index contributed by atoms with van der Waals surface area (Å²) in [5.41, 5.74) is -7.54. The Balaban J connectivity index is 1.53. The fourth-order valence-corrected chi connectivity index (χ4v) is 13.3. The first-order valence-electron chi connectivity index (χ1n) is 18.2. The number of amidine groups is 8. The van der Waals surface area contributed by atoms with Gasteiger partial charge < -0.3 is 0 Å². The minimum absolute atomic E-state index is 0.153. The van der Waals surface area contributed by atoms with E-state index < -0.39 is 218 Å². The van der Waals surface area contributed by atoms with Crippen LogP contribution >= 0.6 is 0 Å². The molecule has 8 N–H and O–H groups in total. The average Bonchev–Trinajstić information content (AvgIpc) is 3.95. The SMILES string of the molecule is O=S(=O)(O)C1=C2C(=CC(S(=O)(=O)O)C1)C1=NC2=NC2=NC(=NC3=NC(=NC4=NC(=N1)c1c4cc(S(=O)(=O)O)cc1S(=O)(=O)O)c1c3cc(S(=O)(=O)O)cc1S(=O)(=O)O)c1c2cc(S(=O)(=O)O)cc1S(=O)(=O)O. The van der Waals surface area contributed by atoms with Crippen molar-refractivity contribution in [3.8, 4) is 0 Å². The molecule has 0 saturated heterocycles. The molecule has 5 aliphatic heterocycles. The lowest BCUT2D eigenvalue weighted by Crippen LogP contribution is -2.27. The Morgan fingerprint density at radius 2 is 0.639 bits per heavy atom. The Morgan fingerprint density at radius 1 is 0.347 bits per heavy atom. The summed E-state index contributed by atoms with van der Waals surface area (Å²) in [5.74, 6) is -8.66. The van der Waals surface area contributed by atoms with Crippen molar-refractivity contribution in [2.24, 2.45) is 39.9 Å². The maximum Gasteiger partial charge on any atom is 0.295 e. The molecule has 40 heteroatoms. The number of nitrogens with zero attached hydrogens (tertiary/aromatic N) is 8. The van der Waals surface area contributed by atoms with Crippen LogP contribution in [0.2, 0.25) is 0 Å². The summed E-state index contributed by atoms with van der Waals surface area (Å²) >= 11 is 0. The van der Waals surface area contributed by atoms with Crippen LogP contribution in [0.25, 0.3) is 0 Å². The monoisotopic (exact) mass is 1150 g/mol. The van der Waals surface area contributed by atoms with Crippen LogP contribution in [0, 0.1) is 0 Å². The molecule has 0 aromatic heterocycles. The van der Waals surface area contributed by atoms with Crippen LogP contribution in [0.1, 0.15) is 39.8 Å². The topological polar surface area (TPSA) is 534 Å². The smallest absolute Gasteiger partial charge is 0.285 e. The third kappa shape index (κ3) is 8.72. The zero-order valence-electron chi connectivity index (χ0n) is 33.8.